The minimum absolute atomic E-state index is 0.0195. The molecular weight excluding hydrogens is 739 g/mol. The number of ether oxygens (including phenoxy) is 2. The van der Waals surface area contributed by atoms with Crippen molar-refractivity contribution in [3.05, 3.63) is 71.8 Å². The average Bonchev–Trinajstić information content (AvgIpc) is 4.05. The molecule has 2 aliphatic heterocycles. The summed E-state index contributed by atoms with van der Waals surface area (Å²) >= 11 is 0. The van der Waals surface area contributed by atoms with Gasteiger partial charge in [-0.05, 0) is 95.7 Å². The fourth-order valence-electron chi connectivity index (χ4n) is 8.50. The van der Waals surface area contributed by atoms with Crippen LogP contribution in [-0.2, 0) is 30.5 Å². The summed E-state index contributed by atoms with van der Waals surface area (Å²) in [4.78, 5) is 71.9. The van der Waals surface area contributed by atoms with Crippen molar-refractivity contribution in [1.29, 1.82) is 0 Å². The second-order valence-corrected chi connectivity index (χ2v) is 16.1. The van der Waals surface area contributed by atoms with Crippen LogP contribution in [-0.4, -0.2) is 92.1 Å². The van der Waals surface area contributed by atoms with E-state index < -0.39 is 24.0 Å². The molecule has 2 saturated heterocycles. The van der Waals surface area contributed by atoms with Gasteiger partial charge in [-0.3, -0.25) is 14.4 Å². The highest BCUT2D eigenvalue weighted by molar-refractivity contribution is 5.88. The van der Waals surface area contributed by atoms with E-state index in [1.54, 1.807) is 4.90 Å². The van der Waals surface area contributed by atoms with Crippen LogP contribution in [0.25, 0.3) is 44.3 Å². The molecule has 0 unspecified atom stereocenters. The number of aromatic nitrogens is 4. The first-order valence-corrected chi connectivity index (χ1v) is 20.2. The van der Waals surface area contributed by atoms with Gasteiger partial charge in [0.1, 0.15) is 17.7 Å². The molecule has 4 N–H and O–H groups in total. The highest BCUT2D eigenvalue weighted by Gasteiger charge is 2.39. The van der Waals surface area contributed by atoms with E-state index in [9.17, 15) is 24.3 Å². The van der Waals surface area contributed by atoms with Crippen molar-refractivity contribution in [2.75, 3.05) is 27.3 Å². The number of hydrogen-bond acceptors (Lipinski definition) is 9. The monoisotopic (exact) mass is 791 g/mol. The number of amides is 3. The quantitative estimate of drug-likeness (QED) is 0.0987. The number of alkyl carbamates (subject to hydrolysis) is 1. The molecule has 0 aliphatic carbocycles. The maximum Gasteiger partial charge on any atom is 0.407 e. The third kappa shape index (κ3) is 8.02. The zero-order valence-electron chi connectivity index (χ0n) is 34.0. The van der Waals surface area contributed by atoms with Crippen molar-refractivity contribution in [2.45, 2.75) is 84.5 Å². The summed E-state index contributed by atoms with van der Waals surface area (Å²) in [7, 11) is 2.63. The van der Waals surface area contributed by atoms with Crippen LogP contribution in [0.5, 0.6) is 0 Å². The lowest BCUT2D eigenvalue weighted by molar-refractivity contribution is -0.148. The molecule has 58 heavy (non-hydrogen) atoms. The lowest BCUT2D eigenvalue weighted by atomic mass is 9.91. The maximum atomic E-state index is 13.7. The third-order valence-corrected chi connectivity index (χ3v) is 11.8. The van der Waals surface area contributed by atoms with Crippen LogP contribution in [0.15, 0.2) is 54.6 Å². The first-order chi connectivity index (χ1) is 27.9. The summed E-state index contributed by atoms with van der Waals surface area (Å²) in [5.41, 5.74) is 7.68. The van der Waals surface area contributed by atoms with Crippen LogP contribution < -0.4 is 5.32 Å². The molecule has 4 atom stereocenters. The van der Waals surface area contributed by atoms with E-state index in [1.165, 1.54) is 14.2 Å². The number of methoxy groups -OCH3 is 2. The molecule has 4 heterocycles. The summed E-state index contributed by atoms with van der Waals surface area (Å²) < 4.78 is 9.65. The fourth-order valence-corrected chi connectivity index (χ4v) is 8.50. The molecule has 14 heteroatoms. The standard InChI is InChI=1S/C44H53N7O7/c1-24(2)31(22-38(53)57-5)42(54)50-17-7-9-36(50)40-46-33-16-13-28(21-35(33)48-40)30-14-11-26(19-29(30)23-52)27-12-15-32-34(20-27)47-41(45-32)37-10-8-18-51(37)43(55)39(25(3)4)49-44(56)58-6/h11-16,19-21,24-25,31,36-37,39,52H,7-10,17-18,22-23H2,1-6H3,(H,45,47)(H,46,48)(H,49,56)/t31-,36-,37-,39-/m0/s1. The molecule has 2 aromatic heterocycles. The molecule has 3 amide bonds. The van der Waals surface area contributed by atoms with E-state index in [1.807, 2.05) is 87.2 Å². The number of fused-ring (bicyclic) bond motifs is 2. The normalized spacial score (nSPS) is 18.0. The number of nitrogens with zero attached hydrogens (tertiary/aromatic N) is 4. The van der Waals surface area contributed by atoms with E-state index in [4.69, 9.17) is 19.4 Å². The van der Waals surface area contributed by atoms with E-state index in [0.29, 0.717) is 18.9 Å². The number of aliphatic hydroxyl groups excluding tert-OH is 1. The molecule has 0 radical (unpaired) electrons. The lowest BCUT2D eigenvalue weighted by Crippen LogP contribution is -2.51. The number of rotatable bonds is 12. The van der Waals surface area contributed by atoms with E-state index in [0.717, 1.165) is 81.4 Å². The molecule has 5 aromatic rings. The Bertz CT molecular complexity index is 2330. The van der Waals surface area contributed by atoms with Gasteiger partial charge < -0.3 is 39.7 Å². The highest BCUT2D eigenvalue weighted by Crippen LogP contribution is 2.37. The van der Waals surface area contributed by atoms with Crippen molar-refractivity contribution >= 4 is 45.9 Å². The topological polar surface area (TPSA) is 183 Å². The number of aromatic amines is 2. The van der Waals surface area contributed by atoms with Gasteiger partial charge in [-0.1, -0.05) is 52.0 Å². The molecule has 7 rings (SSSR count). The van der Waals surface area contributed by atoms with Crippen molar-refractivity contribution in [3.63, 3.8) is 0 Å². The summed E-state index contributed by atoms with van der Waals surface area (Å²) in [5.74, 6) is 0.204. The molecule has 3 aromatic carbocycles. The van der Waals surface area contributed by atoms with Crippen LogP contribution in [0.3, 0.4) is 0 Å². The summed E-state index contributed by atoms with van der Waals surface area (Å²) in [5, 5.41) is 13.3. The predicted octanol–water partition coefficient (Wildman–Crippen LogP) is 6.81. The zero-order valence-corrected chi connectivity index (χ0v) is 34.0. The molecule has 2 fully saturated rings. The minimum Gasteiger partial charge on any atom is -0.469 e. The van der Waals surface area contributed by atoms with Crippen molar-refractivity contribution in [2.24, 2.45) is 17.8 Å². The van der Waals surface area contributed by atoms with Crippen LogP contribution in [0.4, 0.5) is 4.79 Å². The Morgan fingerprint density at radius 3 is 1.86 bits per heavy atom. The number of hydrogen-bond donors (Lipinski definition) is 4. The van der Waals surface area contributed by atoms with Gasteiger partial charge in [0.2, 0.25) is 11.8 Å². The first kappa shape index (κ1) is 40.4. The molecule has 0 saturated carbocycles. The van der Waals surface area contributed by atoms with E-state index in [-0.39, 0.29) is 48.8 Å². The number of imidazole rings is 2. The highest BCUT2D eigenvalue weighted by atomic mass is 16.5. The van der Waals surface area contributed by atoms with Crippen molar-refractivity contribution in [1.82, 2.24) is 35.1 Å². The first-order valence-electron chi connectivity index (χ1n) is 20.2. The zero-order chi connectivity index (χ0) is 41.2. The Labute approximate surface area is 337 Å². The molecular formula is C44H53N7O7. The number of benzene rings is 3. The fraction of sp³-hybridized carbons (Fsp3) is 0.455. The van der Waals surface area contributed by atoms with Gasteiger partial charge in [0.15, 0.2) is 0 Å². The summed E-state index contributed by atoms with van der Waals surface area (Å²) in [6.07, 6.45) is 2.61. The number of carbonyl (C=O) groups is 4. The number of H-pyrrole nitrogens is 2. The predicted molar refractivity (Wildman–Crippen MR) is 219 cm³/mol. The van der Waals surface area contributed by atoms with Gasteiger partial charge in [-0.2, -0.15) is 0 Å². The minimum atomic E-state index is -0.712. The second-order valence-electron chi connectivity index (χ2n) is 16.1. The number of nitrogens with one attached hydrogen (secondary N) is 3. The van der Waals surface area contributed by atoms with Gasteiger partial charge in [-0.25, -0.2) is 14.8 Å². The Hall–Kier alpha value is -5.76. The average molecular weight is 792 g/mol. The lowest BCUT2D eigenvalue weighted by Gasteiger charge is -2.29. The number of aliphatic hydroxyl groups is 1. The van der Waals surface area contributed by atoms with E-state index >= 15 is 0 Å². The summed E-state index contributed by atoms with van der Waals surface area (Å²) in [6.45, 7) is 8.70. The van der Waals surface area contributed by atoms with Crippen LogP contribution in [0.1, 0.15) is 89.1 Å². The van der Waals surface area contributed by atoms with Crippen LogP contribution in [0.2, 0.25) is 0 Å². The number of carbonyl (C=O) groups excluding carboxylic acids is 4. The largest absolute Gasteiger partial charge is 0.469 e. The van der Waals surface area contributed by atoms with Crippen LogP contribution in [0, 0.1) is 17.8 Å². The van der Waals surface area contributed by atoms with Gasteiger partial charge in [-0.15, -0.1) is 0 Å². The smallest absolute Gasteiger partial charge is 0.407 e. The number of likely N-dealkylation sites (tertiary alicyclic amines) is 2. The molecule has 0 spiro atoms. The Morgan fingerprint density at radius 2 is 1.31 bits per heavy atom. The van der Waals surface area contributed by atoms with Gasteiger partial charge >= 0.3 is 12.1 Å². The Morgan fingerprint density at radius 1 is 0.759 bits per heavy atom. The Kier molecular flexibility index (Phi) is 11.8. The molecule has 2 aliphatic rings. The number of esters is 1. The van der Waals surface area contributed by atoms with Gasteiger partial charge in [0.05, 0.1) is 67.3 Å². The Balaban J connectivity index is 1.11. The van der Waals surface area contributed by atoms with Crippen LogP contribution >= 0.6 is 0 Å². The van der Waals surface area contributed by atoms with Gasteiger partial charge in [0.25, 0.3) is 0 Å². The molecule has 306 valence electrons. The van der Waals surface area contributed by atoms with Gasteiger partial charge in [0, 0.05) is 13.1 Å². The second kappa shape index (κ2) is 17.0. The molecule has 0 bridgehead atoms. The third-order valence-electron chi connectivity index (χ3n) is 11.8. The van der Waals surface area contributed by atoms with Crippen molar-refractivity contribution < 1.29 is 33.8 Å². The van der Waals surface area contributed by atoms with Crippen molar-refractivity contribution in [3.8, 4) is 22.3 Å². The van der Waals surface area contributed by atoms with E-state index in [2.05, 4.69) is 15.3 Å². The maximum absolute atomic E-state index is 13.7. The molecule has 14 nitrogen and oxygen atoms in total. The SMILES string of the molecule is COC(=O)C[C@H](C(=O)N1CCC[C@H]1c1nc2ccc(-c3ccc(-c4ccc5nc([C@@H]6CCCN6C(=O)[C@@H](NC(=O)OC)C(C)C)[nH]c5c4)cc3CO)cc2[nH]1)C(C)C. The summed E-state index contributed by atoms with van der Waals surface area (Å²) in [6, 6.07) is 16.8.